The molecule has 0 bridgehead atoms. The van der Waals surface area contributed by atoms with E-state index in [1.807, 2.05) is 23.9 Å². The van der Waals surface area contributed by atoms with Gasteiger partial charge in [-0.2, -0.15) is 0 Å². The molecule has 22 heavy (non-hydrogen) atoms. The van der Waals surface area contributed by atoms with E-state index in [2.05, 4.69) is 5.32 Å². The van der Waals surface area contributed by atoms with Gasteiger partial charge in [0.25, 0.3) is 5.91 Å². The summed E-state index contributed by atoms with van der Waals surface area (Å²) >= 11 is 0. The van der Waals surface area contributed by atoms with E-state index >= 15 is 0 Å². The summed E-state index contributed by atoms with van der Waals surface area (Å²) in [7, 11) is 1.87. The van der Waals surface area contributed by atoms with E-state index in [4.69, 9.17) is 4.74 Å². The summed E-state index contributed by atoms with van der Waals surface area (Å²) < 4.78 is 7.27. The summed E-state index contributed by atoms with van der Waals surface area (Å²) in [4.78, 5) is 23.7. The Labute approximate surface area is 131 Å². The molecule has 1 aromatic heterocycles. The molecule has 0 unspecified atom stereocenters. The highest BCUT2D eigenvalue weighted by molar-refractivity contribution is 5.93. The first-order valence-corrected chi connectivity index (χ1v) is 8.08. The third kappa shape index (κ3) is 5.47. The summed E-state index contributed by atoms with van der Waals surface area (Å²) in [5.41, 5.74) is 0.620. The molecule has 0 spiro atoms. The molecule has 5 nitrogen and oxygen atoms in total. The molecule has 5 heteroatoms. The average molecular weight is 305 g/mol. The van der Waals surface area contributed by atoms with E-state index in [1.54, 1.807) is 12.3 Å². The first kappa shape index (κ1) is 16.5. The highest BCUT2D eigenvalue weighted by Gasteiger charge is 2.17. The Bertz CT molecular complexity index is 510. The van der Waals surface area contributed by atoms with Crippen molar-refractivity contribution in [2.45, 2.75) is 51.0 Å². The lowest BCUT2D eigenvalue weighted by atomic mass is 9.98. The van der Waals surface area contributed by atoms with Crippen molar-refractivity contribution in [1.29, 1.82) is 0 Å². The second-order valence-corrected chi connectivity index (χ2v) is 5.87. The first-order valence-electron chi connectivity index (χ1n) is 8.08. The van der Waals surface area contributed by atoms with Crippen LogP contribution in [-0.4, -0.2) is 24.5 Å². The van der Waals surface area contributed by atoms with Gasteiger partial charge < -0.3 is 10.1 Å². The van der Waals surface area contributed by atoms with Gasteiger partial charge in [-0.3, -0.25) is 9.59 Å². The van der Waals surface area contributed by atoms with Gasteiger partial charge in [-0.15, -0.1) is 0 Å². The molecule has 1 heterocycles. The second kappa shape index (κ2) is 8.51. The predicted molar refractivity (Wildman–Crippen MR) is 82.2 cm³/mol. The number of pyridine rings is 1. The van der Waals surface area contributed by atoms with Crippen molar-refractivity contribution in [2.75, 3.05) is 6.54 Å². The number of nitrogens with one attached hydrogen (secondary N) is 1. The van der Waals surface area contributed by atoms with Gasteiger partial charge in [0.2, 0.25) is 0 Å². The minimum absolute atomic E-state index is 0.111. The Morgan fingerprint density at radius 1 is 1.32 bits per heavy atom. The standard InChI is InChI=1S/C17H24N2O3/c1-19-12-6-7-14(13-19)17(21)18-11-5-10-16(20)22-15-8-3-2-4-9-15/h6-7,12-13,15H,2-5,8-11H2,1H3/p+1. The monoisotopic (exact) mass is 305 g/mol. The van der Waals surface area contributed by atoms with Crippen LogP contribution in [0, 0.1) is 0 Å². The Morgan fingerprint density at radius 3 is 2.82 bits per heavy atom. The van der Waals surface area contributed by atoms with Crippen molar-refractivity contribution in [2.24, 2.45) is 7.05 Å². The first-order chi connectivity index (χ1) is 10.6. The number of carbonyl (C=O) groups is 2. The molecule has 0 radical (unpaired) electrons. The summed E-state index contributed by atoms with van der Waals surface area (Å²) in [6.07, 6.45) is 10.3. The zero-order valence-electron chi connectivity index (χ0n) is 13.2. The summed E-state index contributed by atoms with van der Waals surface area (Å²) in [6.45, 7) is 0.483. The van der Waals surface area contributed by atoms with E-state index in [0.29, 0.717) is 24.9 Å². The van der Waals surface area contributed by atoms with Gasteiger partial charge in [-0.05, 0) is 38.2 Å². The molecule has 1 saturated carbocycles. The number of aromatic nitrogens is 1. The summed E-state index contributed by atoms with van der Waals surface area (Å²) in [5.74, 6) is -0.260. The number of rotatable bonds is 6. The second-order valence-electron chi connectivity index (χ2n) is 5.87. The fourth-order valence-corrected chi connectivity index (χ4v) is 2.69. The summed E-state index contributed by atoms with van der Waals surface area (Å²) in [6, 6.07) is 3.60. The highest BCUT2D eigenvalue weighted by Crippen LogP contribution is 2.20. The van der Waals surface area contributed by atoms with Crippen molar-refractivity contribution in [3.63, 3.8) is 0 Å². The Hall–Kier alpha value is -1.91. The molecular formula is C17H25N2O3+. The SMILES string of the molecule is C[n+]1cccc(C(=O)NCCCC(=O)OC2CCCCC2)c1. The van der Waals surface area contributed by atoms with Crippen LogP contribution < -0.4 is 9.88 Å². The number of esters is 1. The average Bonchev–Trinajstić information content (AvgIpc) is 2.52. The molecular weight excluding hydrogens is 280 g/mol. The van der Waals surface area contributed by atoms with Crippen molar-refractivity contribution in [1.82, 2.24) is 5.32 Å². The van der Waals surface area contributed by atoms with Crippen LogP contribution in [-0.2, 0) is 16.6 Å². The van der Waals surface area contributed by atoms with Gasteiger partial charge in [0, 0.05) is 19.0 Å². The Morgan fingerprint density at radius 2 is 2.09 bits per heavy atom. The van der Waals surface area contributed by atoms with E-state index in [-0.39, 0.29) is 18.0 Å². The van der Waals surface area contributed by atoms with Gasteiger partial charge in [0.15, 0.2) is 12.4 Å². The number of ether oxygens (including phenoxy) is 1. The van der Waals surface area contributed by atoms with E-state index in [0.717, 1.165) is 25.7 Å². The minimum Gasteiger partial charge on any atom is -0.462 e. The number of nitrogens with zero attached hydrogens (tertiary/aromatic N) is 1. The van der Waals surface area contributed by atoms with E-state index in [9.17, 15) is 9.59 Å². The van der Waals surface area contributed by atoms with Crippen molar-refractivity contribution < 1.29 is 18.9 Å². The molecule has 120 valence electrons. The highest BCUT2D eigenvalue weighted by atomic mass is 16.5. The van der Waals surface area contributed by atoms with Gasteiger partial charge in [0.1, 0.15) is 18.7 Å². The fourth-order valence-electron chi connectivity index (χ4n) is 2.69. The molecule has 0 saturated heterocycles. The molecule has 1 N–H and O–H groups in total. The maximum atomic E-state index is 11.9. The van der Waals surface area contributed by atoms with Crippen LogP contribution in [0.15, 0.2) is 24.5 Å². The lowest BCUT2D eigenvalue weighted by Gasteiger charge is -2.21. The third-order valence-corrected chi connectivity index (χ3v) is 3.90. The Balaban J connectivity index is 1.62. The van der Waals surface area contributed by atoms with Gasteiger partial charge in [0.05, 0.1) is 0 Å². The topological polar surface area (TPSA) is 59.3 Å². The van der Waals surface area contributed by atoms with Gasteiger partial charge >= 0.3 is 5.97 Å². The molecule has 1 aliphatic rings. The number of aryl methyl sites for hydroxylation is 1. The molecule has 2 rings (SSSR count). The van der Waals surface area contributed by atoms with Crippen LogP contribution in [0.3, 0.4) is 0 Å². The maximum Gasteiger partial charge on any atom is 0.306 e. The predicted octanol–water partition coefficient (Wildman–Crippen LogP) is 1.90. The van der Waals surface area contributed by atoms with Crippen LogP contribution in [0.2, 0.25) is 0 Å². The van der Waals surface area contributed by atoms with Crippen LogP contribution >= 0.6 is 0 Å². The molecule has 1 amide bonds. The number of hydrogen-bond donors (Lipinski definition) is 1. The van der Waals surface area contributed by atoms with Gasteiger partial charge in [-0.1, -0.05) is 6.42 Å². The van der Waals surface area contributed by atoms with Gasteiger partial charge in [-0.25, -0.2) is 4.57 Å². The number of amides is 1. The Kier molecular flexibility index (Phi) is 6.37. The molecule has 1 aromatic rings. The molecule has 1 aliphatic carbocycles. The van der Waals surface area contributed by atoms with Crippen LogP contribution in [0.5, 0.6) is 0 Å². The molecule has 0 aliphatic heterocycles. The van der Waals surface area contributed by atoms with Crippen molar-refractivity contribution in [3.8, 4) is 0 Å². The third-order valence-electron chi connectivity index (χ3n) is 3.90. The largest absolute Gasteiger partial charge is 0.462 e. The van der Waals surface area contributed by atoms with Crippen molar-refractivity contribution in [3.05, 3.63) is 30.1 Å². The van der Waals surface area contributed by atoms with Crippen molar-refractivity contribution >= 4 is 11.9 Å². The quantitative estimate of drug-likeness (QED) is 0.496. The van der Waals surface area contributed by atoms with E-state index in [1.165, 1.54) is 6.42 Å². The van der Waals surface area contributed by atoms with Crippen LogP contribution in [0.4, 0.5) is 0 Å². The van der Waals surface area contributed by atoms with Crippen LogP contribution in [0.25, 0.3) is 0 Å². The minimum atomic E-state index is -0.146. The zero-order valence-corrected chi connectivity index (χ0v) is 13.2. The smallest absolute Gasteiger partial charge is 0.306 e. The van der Waals surface area contributed by atoms with Crippen LogP contribution in [0.1, 0.15) is 55.3 Å². The number of carbonyl (C=O) groups excluding carboxylic acids is 2. The lowest BCUT2D eigenvalue weighted by Crippen LogP contribution is -2.31. The normalized spacial score (nSPS) is 15.3. The molecule has 1 fully saturated rings. The lowest BCUT2D eigenvalue weighted by molar-refractivity contribution is -0.671. The molecule has 0 aromatic carbocycles. The maximum absolute atomic E-state index is 11.9. The number of hydrogen-bond acceptors (Lipinski definition) is 3. The zero-order chi connectivity index (χ0) is 15.8. The summed E-state index contributed by atoms with van der Waals surface area (Å²) in [5, 5.41) is 2.83. The fraction of sp³-hybridized carbons (Fsp3) is 0.588. The van der Waals surface area contributed by atoms with E-state index < -0.39 is 0 Å². The molecule has 0 atom stereocenters.